The van der Waals surface area contributed by atoms with Gasteiger partial charge in [-0.3, -0.25) is 9.63 Å². The van der Waals surface area contributed by atoms with Gasteiger partial charge in [0.1, 0.15) is 0 Å². The third-order valence-corrected chi connectivity index (χ3v) is 3.18. The van der Waals surface area contributed by atoms with Crippen molar-refractivity contribution in [1.82, 2.24) is 10.0 Å². The lowest BCUT2D eigenvalue weighted by Gasteiger charge is -2.26. The Morgan fingerprint density at radius 3 is 2.76 bits per heavy atom. The molecular formula is C16H23N3O2. The van der Waals surface area contributed by atoms with Gasteiger partial charge in [0.2, 0.25) is 6.41 Å². The Bertz CT molecular complexity index is 613. The molecule has 0 atom stereocenters. The summed E-state index contributed by atoms with van der Waals surface area (Å²) < 4.78 is 0. The van der Waals surface area contributed by atoms with E-state index in [4.69, 9.17) is 10.6 Å². The summed E-state index contributed by atoms with van der Waals surface area (Å²) in [6.45, 7) is 6.79. The fraction of sp³-hybridized carbons (Fsp3) is 0.438. The van der Waals surface area contributed by atoms with Crippen LogP contribution in [0.2, 0.25) is 0 Å². The number of fused-ring (bicyclic) bond motifs is 1. The lowest BCUT2D eigenvalue weighted by molar-refractivity contribution is -0.215. The molecule has 1 aromatic heterocycles. The fourth-order valence-electron chi connectivity index (χ4n) is 2.26. The number of hydroxylamine groups is 2. The maximum absolute atomic E-state index is 11.1. The molecule has 3 N–H and O–H groups in total. The van der Waals surface area contributed by atoms with E-state index in [2.05, 4.69) is 11.1 Å². The monoisotopic (exact) mass is 289 g/mol. The minimum Gasteiger partial charge on any atom is -0.361 e. The molecule has 0 aliphatic carbocycles. The number of carbonyl (C=O) groups excluding carboxylic acids is 1. The van der Waals surface area contributed by atoms with E-state index in [1.165, 1.54) is 5.06 Å². The van der Waals surface area contributed by atoms with E-state index in [0.29, 0.717) is 13.1 Å². The number of aromatic nitrogens is 1. The number of aromatic amines is 1. The van der Waals surface area contributed by atoms with Gasteiger partial charge in [0.15, 0.2) is 0 Å². The van der Waals surface area contributed by atoms with Crippen molar-refractivity contribution < 1.29 is 9.63 Å². The zero-order valence-electron chi connectivity index (χ0n) is 12.8. The Hall–Kier alpha value is -1.85. The molecule has 114 valence electrons. The quantitative estimate of drug-likeness (QED) is 0.633. The summed E-state index contributed by atoms with van der Waals surface area (Å²) in [6, 6.07) is 6.14. The number of carbonyl (C=O) groups is 1. The number of amides is 1. The van der Waals surface area contributed by atoms with Crippen molar-refractivity contribution in [2.24, 2.45) is 5.73 Å². The molecule has 0 saturated heterocycles. The highest BCUT2D eigenvalue weighted by molar-refractivity contribution is 5.83. The van der Waals surface area contributed by atoms with Crippen LogP contribution >= 0.6 is 0 Å². The van der Waals surface area contributed by atoms with Gasteiger partial charge in [-0.05, 0) is 50.5 Å². The van der Waals surface area contributed by atoms with Crippen LogP contribution in [0.3, 0.4) is 0 Å². The molecule has 5 nitrogen and oxygen atoms in total. The Morgan fingerprint density at radius 2 is 2.14 bits per heavy atom. The average Bonchev–Trinajstić information content (AvgIpc) is 2.84. The number of nitrogens with one attached hydrogen (secondary N) is 1. The lowest BCUT2D eigenvalue weighted by Crippen LogP contribution is -2.34. The molecule has 2 aromatic rings. The van der Waals surface area contributed by atoms with Crippen molar-refractivity contribution in [1.29, 1.82) is 0 Å². The van der Waals surface area contributed by atoms with Crippen LogP contribution < -0.4 is 5.73 Å². The summed E-state index contributed by atoms with van der Waals surface area (Å²) in [4.78, 5) is 19.9. The number of nitrogens with two attached hydrogens (primary N) is 1. The van der Waals surface area contributed by atoms with Crippen molar-refractivity contribution in [2.45, 2.75) is 39.3 Å². The van der Waals surface area contributed by atoms with E-state index in [9.17, 15) is 4.79 Å². The van der Waals surface area contributed by atoms with E-state index >= 15 is 0 Å². The van der Waals surface area contributed by atoms with Crippen LogP contribution in [0.15, 0.2) is 24.4 Å². The molecule has 0 aliphatic rings. The molecule has 5 heteroatoms. The highest BCUT2D eigenvalue weighted by atomic mass is 16.7. The van der Waals surface area contributed by atoms with Crippen molar-refractivity contribution in [3.8, 4) is 0 Å². The maximum Gasteiger partial charge on any atom is 0.233 e. The third-order valence-electron chi connectivity index (χ3n) is 3.18. The van der Waals surface area contributed by atoms with Gasteiger partial charge < -0.3 is 10.7 Å². The van der Waals surface area contributed by atoms with Crippen molar-refractivity contribution in [3.05, 3.63) is 35.5 Å². The van der Waals surface area contributed by atoms with Gasteiger partial charge in [-0.1, -0.05) is 6.07 Å². The molecular weight excluding hydrogens is 266 g/mol. The number of hydrogen-bond acceptors (Lipinski definition) is 3. The highest BCUT2D eigenvalue weighted by Crippen LogP contribution is 2.21. The van der Waals surface area contributed by atoms with Crippen LogP contribution in [-0.2, 0) is 22.6 Å². The Labute approximate surface area is 125 Å². The average molecular weight is 289 g/mol. The van der Waals surface area contributed by atoms with Crippen LogP contribution in [0.4, 0.5) is 0 Å². The lowest BCUT2D eigenvalue weighted by atomic mass is 10.1. The first-order valence-corrected chi connectivity index (χ1v) is 7.13. The molecule has 1 amide bonds. The molecule has 21 heavy (non-hydrogen) atoms. The van der Waals surface area contributed by atoms with Gasteiger partial charge in [-0.25, -0.2) is 5.06 Å². The summed E-state index contributed by atoms with van der Waals surface area (Å²) in [5, 5.41) is 2.51. The molecule has 0 radical (unpaired) electrons. The van der Waals surface area contributed by atoms with Gasteiger partial charge in [0, 0.05) is 23.6 Å². The summed E-state index contributed by atoms with van der Waals surface area (Å²) in [7, 11) is 0. The number of benzene rings is 1. The largest absolute Gasteiger partial charge is 0.361 e. The van der Waals surface area contributed by atoms with Crippen LogP contribution in [0.1, 0.15) is 31.9 Å². The Balaban J connectivity index is 2.10. The summed E-state index contributed by atoms with van der Waals surface area (Å²) in [6.07, 6.45) is 3.43. The number of hydrogen-bond donors (Lipinski definition) is 2. The molecule has 2 rings (SSSR count). The predicted molar refractivity (Wildman–Crippen MR) is 83.5 cm³/mol. The second kappa shape index (κ2) is 6.28. The van der Waals surface area contributed by atoms with E-state index < -0.39 is 0 Å². The SMILES string of the molecule is CC(C)(C)ON(C=O)CCc1c[nH]c2ccc(CN)cc12. The molecule has 1 heterocycles. The van der Waals surface area contributed by atoms with E-state index in [1.807, 2.05) is 39.1 Å². The fourth-order valence-corrected chi connectivity index (χ4v) is 2.26. The minimum atomic E-state index is -0.381. The van der Waals surface area contributed by atoms with Crippen LogP contribution in [0.5, 0.6) is 0 Å². The topological polar surface area (TPSA) is 71.3 Å². The van der Waals surface area contributed by atoms with Gasteiger partial charge in [0.25, 0.3) is 0 Å². The van der Waals surface area contributed by atoms with Crippen molar-refractivity contribution in [3.63, 3.8) is 0 Å². The van der Waals surface area contributed by atoms with Crippen LogP contribution in [-0.4, -0.2) is 28.6 Å². The first-order chi connectivity index (χ1) is 9.93. The first-order valence-electron chi connectivity index (χ1n) is 7.13. The normalized spacial score (nSPS) is 11.8. The number of rotatable bonds is 6. The van der Waals surface area contributed by atoms with Gasteiger partial charge in [-0.15, -0.1) is 0 Å². The molecule has 1 aromatic carbocycles. The number of nitrogens with zero attached hydrogens (tertiary/aromatic N) is 1. The minimum absolute atomic E-state index is 0.381. The molecule has 0 aliphatic heterocycles. The van der Waals surface area contributed by atoms with Gasteiger partial charge >= 0.3 is 0 Å². The first kappa shape index (κ1) is 15.5. The summed E-state index contributed by atoms with van der Waals surface area (Å²) in [5.74, 6) is 0. The zero-order valence-corrected chi connectivity index (χ0v) is 12.8. The zero-order chi connectivity index (χ0) is 15.5. The van der Waals surface area contributed by atoms with Gasteiger partial charge in [-0.2, -0.15) is 0 Å². The highest BCUT2D eigenvalue weighted by Gasteiger charge is 2.16. The maximum atomic E-state index is 11.1. The standard InChI is InChI=1S/C16H23N3O2/c1-16(2,3)21-19(11-20)7-6-13-10-18-15-5-4-12(9-17)8-14(13)15/h4-5,8,10-11,18H,6-7,9,17H2,1-3H3. The van der Waals surface area contributed by atoms with E-state index in [0.717, 1.165) is 34.9 Å². The van der Waals surface area contributed by atoms with Crippen molar-refractivity contribution >= 4 is 17.3 Å². The van der Waals surface area contributed by atoms with Crippen LogP contribution in [0, 0.1) is 0 Å². The second-order valence-electron chi connectivity index (χ2n) is 6.10. The summed E-state index contributed by atoms with van der Waals surface area (Å²) >= 11 is 0. The van der Waals surface area contributed by atoms with E-state index in [-0.39, 0.29) is 5.60 Å². The van der Waals surface area contributed by atoms with E-state index in [1.54, 1.807) is 0 Å². The second-order valence-corrected chi connectivity index (χ2v) is 6.10. The Morgan fingerprint density at radius 1 is 1.38 bits per heavy atom. The number of H-pyrrole nitrogens is 1. The Kier molecular flexibility index (Phi) is 4.65. The molecule has 0 fully saturated rings. The van der Waals surface area contributed by atoms with Crippen LogP contribution in [0.25, 0.3) is 10.9 Å². The molecule has 0 unspecified atom stereocenters. The summed E-state index contributed by atoms with van der Waals surface area (Å²) in [5.41, 5.74) is 8.64. The molecule has 0 saturated carbocycles. The van der Waals surface area contributed by atoms with Crippen molar-refractivity contribution in [2.75, 3.05) is 6.54 Å². The molecule has 0 bridgehead atoms. The smallest absolute Gasteiger partial charge is 0.233 e. The molecule has 0 spiro atoms. The third kappa shape index (κ3) is 4.06. The van der Waals surface area contributed by atoms with Gasteiger partial charge in [0.05, 0.1) is 12.1 Å². The predicted octanol–water partition coefficient (Wildman–Crippen LogP) is 2.36.